The van der Waals surface area contributed by atoms with Gasteiger partial charge in [-0.2, -0.15) is 13.2 Å². The van der Waals surface area contributed by atoms with Crippen LogP contribution in [0.2, 0.25) is 0 Å². The lowest BCUT2D eigenvalue weighted by molar-refractivity contribution is -0.0328. The summed E-state index contributed by atoms with van der Waals surface area (Å²) in [4.78, 5) is 12.0. The third kappa shape index (κ3) is 4.78. The van der Waals surface area contributed by atoms with Crippen molar-refractivity contribution in [3.63, 3.8) is 0 Å². The van der Waals surface area contributed by atoms with E-state index < -0.39 is 11.4 Å². The average molecular weight is 376 g/mol. The van der Waals surface area contributed by atoms with E-state index in [1.165, 1.54) is 18.2 Å². The fourth-order valence-corrected chi connectivity index (χ4v) is 2.47. The number of para-hydroxylation sites is 1. The molecule has 2 aromatic rings. The van der Waals surface area contributed by atoms with Crippen LogP contribution in [0.3, 0.4) is 0 Å². The second-order valence-corrected chi connectivity index (χ2v) is 6.03. The highest BCUT2D eigenvalue weighted by molar-refractivity contribution is 9.10. The molecule has 0 aliphatic carbocycles. The molecule has 0 fully saturated rings. The Morgan fingerprint density at radius 3 is 2.29 bits per heavy atom. The summed E-state index contributed by atoms with van der Waals surface area (Å²) in [6, 6.07) is 12.3. The molecule has 0 aliphatic rings. The molecule has 2 rings (SSSR count). The number of carbonyl (C=O) groups excluding carboxylic acids is 1. The Morgan fingerprint density at radius 1 is 1.05 bits per heavy atom. The maximum absolute atomic E-state index is 12.5. The largest absolute Gasteiger partial charge is 0.446 e. The number of amides is 1. The van der Waals surface area contributed by atoms with Crippen LogP contribution >= 0.6 is 27.7 Å². The van der Waals surface area contributed by atoms with Crippen LogP contribution in [0, 0.1) is 0 Å². The van der Waals surface area contributed by atoms with Gasteiger partial charge in [0.25, 0.3) is 5.91 Å². The minimum Gasteiger partial charge on any atom is -0.321 e. The lowest BCUT2D eigenvalue weighted by atomic mass is 10.2. The van der Waals surface area contributed by atoms with E-state index >= 15 is 0 Å². The van der Waals surface area contributed by atoms with Gasteiger partial charge in [0.05, 0.1) is 5.69 Å². The summed E-state index contributed by atoms with van der Waals surface area (Å²) >= 11 is 2.99. The Labute approximate surface area is 131 Å². The number of halogens is 4. The van der Waals surface area contributed by atoms with Gasteiger partial charge in [0.2, 0.25) is 0 Å². The zero-order valence-corrected chi connectivity index (χ0v) is 12.8. The normalized spacial score (nSPS) is 11.2. The van der Waals surface area contributed by atoms with Crippen molar-refractivity contribution in [2.75, 3.05) is 5.32 Å². The van der Waals surface area contributed by atoms with E-state index in [-0.39, 0.29) is 22.3 Å². The Morgan fingerprint density at radius 2 is 1.67 bits per heavy atom. The molecule has 2 aromatic carbocycles. The van der Waals surface area contributed by atoms with Crippen LogP contribution in [0.25, 0.3) is 0 Å². The third-order valence-electron chi connectivity index (χ3n) is 2.47. The number of rotatable bonds is 3. The predicted octanol–water partition coefficient (Wildman–Crippen LogP) is 5.31. The topological polar surface area (TPSA) is 29.1 Å². The molecule has 0 atom stereocenters. The van der Waals surface area contributed by atoms with Crippen molar-refractivity contribution in [1.29, 1.82) is 0 Å². The van der Waals surface area contributed by atoms with Crippen LogP contribution in [0.4, 0.5) is 18.9 Å². The van der Waals surface area contributed by atoms with Crippen molar-refractivity contribution in [3.8, 4) is 0 Å². The lowest BCUT2D eigenvalue weighted by Gasteiger charge is -2.12. The summed E-state index contributed by atoms with van der Waals surface area (Å²) < 4.78 is 38.2. The van der Waals surface area contributed by atoms with Crippen molar-refractivity contribution < 1.29 is 18.0 Å². The number of thioether (sulfide) groups is 1. The number of hydrogen-bond donors (Lipinski definition) is 1. The van der Waals surface area contributed by atoms with Crippen LogP contribution in [0.5, 0.6) is 0 Å². The maximum Gasteiger partial charge on any atom is 0.446 e. The Balaban J connectivity index is 2.19. The first-order valence-corrected chi connectivity index (χ1v) is 7.38. The van der Waals surface area contributed by atoms with Gasteiger partial charge in [-0.25, -0.2) is 0 Å². The van der Waals surface area contributed by atoms with Crippen molar-refractivity contribution >= 4 is 39.3 Å². The molecule has 0 unspecified atom stereocenters. The molecule has 0 spiro atoms. The van der Waals surface area contributed by atoms with E-state index in [2.05, 4.69) is 21.2 Å². The molecule has 0 saturated carbocycles. The third-order valence-corrected chi connectivity index (χ3v) is 3.80. The quantitative estimate of drug-likeness (QED) is 0.736. The fourth-order valence-electron chi connectivity index (χ4n) is 1.58. The van der Waals surface area contributed by atoms with Gasteiger partial charge in [0.1, 0.15) is 0 Å². The number of alkyl halides is 3. The van der Waals surface area contributed by atoms with E-state index in [0.717, 1.165) is 4.47 Å². The van der Waals surface area contributed by atoms with Gasteiger partial charge >= 0.3 is 5.51 Å². The van der Waals surface area contributed by atoms with Crippen molar-refractivity contribution in [3.05, 3.63) is 58.6 Å². The van der Waals surface area contributed by atoms with E-state index in [1.54, 1.807) is 30.3 Å². The second kappa shape index (κ2) is 6.53. The first kappa shape index (κ1) is 15.9. The van der Waals surface area contributed by atoms with E-state index in [1.807, 2.05) is 0 Å². The van der Waals surface area contributed by atoms with Gasteiger partial charge in [0.15, 0.2) is 0 Å². The molecule has 1 N–H and O–H groups in total. The highest BCUT2D eigenvalue weighted by atomic mass is 79.9. The molecule has 7 heteroatoms. The van der Waals surface area contributed by atoms with Crippen LogP contribution in [0.1, 0.15) is 10.4 Å². The van der Waals surface area contributed by atoms with Crippen molar-refractivity contribution in [2.24, 2.45) is 0 Å². The van der Waals surface area contributed by atoms with E-state index in [0.29, 0.717) is 5.56 Å². The van der Waals surface area contributed by atoms with E-state index in [4.69, 9.17) is 0 Å². The number of hydrogen-bond acceptors (Lipinski definition) is 2. The molecule has 0 aliphatic heterocycles. The molecule has 0 saturated heterocycles. The van der Waals surface area contributed by atoms with Crippen LogP contribution in [-0.2, 0) is 0 Å². The summed E-state index contributed by atoms with van der Waals surface area (Å²) in [6.07, 6.45) is 0. The molecule has 0 aromatic heterocycles. The fraction of sp³-hybridized carbons (Fsp3) is 0.0714. The van der Waals surface area contributed by atoms with Crippen LogP contribution in [-0.4, -0.2) is 11.4 Å². The highest BCUT2D eigenvalue weighted by Gasteiger charge is 2.30. The maximum atomic E-state index is 12.5. The Bertz CT molecular complexity index is 643. The molecule has 21 heavy (non-hydrogen) atoms. The monoisotopic (exact) mass is 375 g/mol. The summed E-state index contributed by atoms with van der Waals surface area (Å²) in [7, 11) is 0. The minimum atomic E-state index is -4.40. The van der Waals surface area contributed by atoms with Crippen molar-refractivity contribution in [2.45, 2.75) is 10.4 Å². The number of nitrogens with one attached hydrogen (secondary N) is 1. The second-order valence-electron chi connectivity index (χ2n) is 4.00. The molecule has 2 nitrogen and oxygen atoms in total. The minimum absolute atomic E-state index is 0.0459. The van der Waals surface area contributed by atoms with Gasteiger partial charge in [-0.1, -0.05) is 28.1 Å². The van der Waals surface area contributed by atoms with Gasteiger partial charge < -0.3 is 5.32 Å². The van der Waals surface area contributed by atoms with Crippen molar-refractivity contribution in [1.82, 2.24) is 0 Å². The molecular weight excluding hydrogens is 367 g/mol. The molecular formula is C14H9BrF3NOS. The molecule has 1 amide bonds. The number of anilines is 1. The smallest absolute Gasteiger partial charge is 0.321 e. The molecule has 0 bridgehead atoms. The summed E-state index contributed by atoms with van der Waals surface area (Å²) in [5, 5.41) is 2.49. The summed E-state index contributed by atoms with van der Waals surface area (Å²) in [5.41, 5.74) is -3.91. The average Bonchev–Trinajstić information content (AvgIpc) is 2.40. The van der Waals surface area contributed by atoms with Gasteiger partial charge in [-0.05, 0) is 48.2 Å². The SMILES string of the molecule is O=C(Nc1ccccc1SC(F)(F)F)c1ccc(Br)cc1. The highest BCUT2D eigenvalue weighted by Crippen LogP contribution is 2.40. The van der Waals surface area contributed by atoms with Gasteiger partial charge in [-0.15, -0.1) is 0 Å². The van der Waals surface area contributed by atoms with E-state index in [9.17, 15) is 18.0 Å². The Kier molecular flexibility index (Phi) is 4.95. The zero-order valence-electron chi connectivity index (χ0n) is 10.4. The summed E-state index contributed by atoms with van der Waals surface area (Å²) in [5.74, 6) is -0.460. The molecule has 0 heterocycles. The van der Waals surface area contributed by atoms with Gasteiger partial charge in [-0.3, -0.25) is 4.79 Å². The summed E-state index contributed by atoms with van der Waals surface area (Å²) in [6.45, 7) is 0. The first-order chi connectivity index (χ1) is 9.85. The molecule has 0 radical (unpaired) electrons. The standard InChI is InChI=1S/C14H9BrF3NOS/c15-10-7-5-9(6-8-10)13(20)19-11-3-1-2-4-12(11)21-14(16,17)18/h1-8H,(H,19,20). The zero-order chi connectivity index (χ0) is 15.5. The Hall–Kier alpha value is -1.47. The lowest BCUT2D eigenvalue weighted by Crippen LogP contribution is -2.13. The van der Waals surface area contributed by atoms with Crippen LogP contribution in [0.15, 0.2) is 57.9 Å². The van der Waals surface area contributed by atoms with Gasteiger partial charge in [0, 0.05) is 14.9 Å². The number of carbonyl (C=O) groups is 1. The first-order valence-electron chi connectivity index (χ1n) is 5.77. The number of benzene rings is 2. The predicted molar refractivity (Wildman–Crippen MR) is 80.4 cm³/mol. The molecule has 110 valence electrons. The van der Waals surface area contributed by atoms with Crippen LogP contribution < -0.4 is 5.32 Å².